The zero-order chi connectivity index (χ0) is 15.1. The normalized spacial score (nSPS) is 12.3. The Balaban J connectivity index is 2.41. The summed E-state index contributed by atoms with van der Waals surface area (Å²) in [5.41, 5.74) is 1.98. The lowest BCUT2D eigenvalue weighted by atomic mass is 10.0. The van der Waals surface area contributed by atoms with Crippen LogP contribution >= 0.6 is 23.8 Å². The van der Waals surface area contributed by atoms with Crippen molar-refractivity contribution in [2.45, 2.75) is 53.0 Å². The van der Waals surface area contributed by atoms with Crippen molar-refractivity contribution >= 4 is 34.6 Å². The Kier molecular flexibility index (Phi) is 7.31. The Bertz CT molecular complexity index is 446. The molecule has 0 radical (unpaired) electrons. The van der Waals surface area contributed by atoms with E-state index >= 15 is 0 Å². The molecule has 0 saturated heterocycles. The van der Waals surface area contributed by atoms with Crippen molar-refractivity contribution in [1.82, 2.24) is 5.32 Å². The van der Waals surface area contributed by atoms with E-state index in [1.54, 1.807) is 0 Å². The predicted octanol–water partition coefficient (Wildman–Crippen LogP) is 5.15. The van der Waals surface area contributed by atoms with E-state index in [1.165, 1.54) is 12.8 Å². The maximum absolute atomic E-state index is 6.10. The van der Waals surface area contributed by atoms with Gasteiger partial charge in [-0.25, -0.2) is 0 Å². The van der Waals surface area contributed by atoms with Crippen LogP contribution in [0.4, 0.5) is 5.69 Å². The second-order valence-electron chi connectivity index (χ2n) is 5.74. The highest BCUT2D eigenvalue weighted by Crippen LogP contribution is 2.22. The van der Waals surface area contributed by atoms with Crippen molar-refractivity contribution in [2.75, 3.05) is 5.32 Å². The number of benzene rings is 1. The zero-order valence-electron chi connectivity index (χ0n) is 12.8. The van der Waals surface area contributed by atoms with E-state index in [1.807, 2.05) is 25.1 Å². The average molecular weight is 313 g/mol. The highest BCUT2D eigenvalue weighted by Gasteiger charge is 2.07. The van der Waals surface area contributed by atoms with Crippen LogP contribution in [0.2, 0.25) is 5.02 Å². The number of hydrogen-bond acceptors (Lipinski definition) is 1. The molecule has 1 atom stereocenters. The molecular formula is C16H25ClN2S. The fourth-order valence-electron chi connectivity index (χ4n) is 2.03. The molecular weight excluding hydrogens is 288 g/mol. The maximum Gasteiger partial charge on any atom is 0.170 e. The molecule has 0 amide bonds. The van der Waals surface area contributed by atoms with Crippen LogP contribution in [-0.4, -0.2) is 11.2 Å². The first-order valence-electron chi connectivity index (χ1n) is 7.22. The number of hydrogen-bond donors (Lipinski definition) is 2. The molecule has 2 nitrogen and oxygen atoms in total. The van der Waals surface area contributed by atoms with E-state index < -0.39 is 0 Å². The van der Waals surface area contributed by atoms with Crippen LogP contribution in [0.1, 0.15) is 45.6 Å². The molecule has 0 aromatic heterocycles. The molecule has 112 valence electrons. The van der Waals surface area contributed by atoms with Gasteiger partial charge in [-0.3, -0.25) is 0 Å². The number of rotatable bonds is 6. The minimum absolute atomic E-state index is 0.383. The molecule has 0 aliphatic rings. The van der Waals surface area contributed by atoms with Crippen LogP contribution in [0.5, 0.6) is 0 Å². The highest BCUT2D eigenvalue weighted by molar-refractivity contribution is 7.80. The number of halogens is 1. The lowest BCUT2D eigenvalue weighted by molar-refractivity contribution is 0.495. The van der Waals surface area contributed by atoms with Crippen molar-refractivity contribution in [3.05, 3.63) is 28.8 Å². The number of thiocarbonyl (C=S) groups is 1. The molecule has 0 fully saturated rings. The second-order valence-corrected chi connectivity index (χ2v) is 6.55. The van der Waals surface area contributed by atoms with Gasteiger partial charge in [-0.1, -0.05) is 44.4 Å². The summed E-state index contributed by atoms with van der Waals surface area (Å²) in [7, 11) is 0. The SMILES string of the molecule is Cc1c(Cl)cccc1NC(=S)NC(C)CCCC(C)C. The molecule has 4 heteroatoms. The van der Waals surface area contributed by atoms with Gasteiger partial charge in [0.15, 0.2) is 5.11 Å². The lowest BCUT2D eigenvalue weighted by Gasteiger charge is -2.18. The van der Waals surface area contributed by atoms with Crippen molar-refractivity contribution in [3.8, 4) is 0 Å². The largest absolute Gasteiger partial charge is 0.360 e. The van der Waals surface area contributed by atoms with Gasteiger partial charge in [0.1, 0.15) is 0 Å². The first-order chi connectivity index (χ1) is 9.40. The van der Waals surface area contributed by atoms with Gasteiger partial charge in [0, 0.05) is 16.8 Å². The summed E-state index contributed by atoms with van der Waals surface area (Å²) in [5.74, 6) is 0.765. The van der Waals surface area contributed by atoms with Gasteiger partial charge < -0.3 is 10.6 Å². The van der Waals surface area contributed by atoms with Crippen LogP contribution in [0.25, 0.3) is 0 Å². The Hall–Kier alpha value is -0.800. The Morgan fingerprint density at radius 1 is 1.25 bits per heavy atom. The smallest absolute Gasteiger partial charge is 0.170 e. The molecule has 0 spiro atoms. The van der Waals surface area contributed by atoms with Gasteiger partial charge >= 0.3 is 0 Å². The lowest BCUT2D eigenvalue weighted by Crippen LogP contribution is -2.36. The van der Waals surface area contributed by atoms with E-state index in [0.29, 0.717) is 11.2 Å². The zero-order valence-corrected chi connectivity index (χ0v) is 14.4. The molecule has 1 aromatic rings. The third kappa shape index (κ3) is 6.10. The summed E-state index contributed by atoms with van der Waals surface area (Å²) < 4.78 is 0. The third-order valence-corrected chi connectivity index (χ3v) is 3.94. The molecule has 20 heavy (non-hydrogen) atoms. The molecule has 0 saturated carbocycles. The van der Waals surface area contributed by atoms with Gasteiger partial charge in [-0.15, -0.1) is 0 Å². The summed E-state index contributed by atoms with van der Waals surface area (Å²) >= 11 is 11.4. The van der Waals surface area contributed by atoms with E-state index in [9.17, 15) is 0 Å². The quantitative estimate of drug-likeness (QED) is 0.710. The number of anilines is 1. The van der Waals surface area contributed by atoms with E-state index in [0.717, 1.165) is 28.6 Å². The molecule has 0 aliphatic carbocycles. The summed E-state index contributed by atoms with van der Waals surface area (Å²) in [6, 6.07) is 6.17. The van der Waals surface area contributed by atoms with Gasteiger partial charge in [-0.05, 0) is 56.1 Å². The van der Waals surface area contributed by atoms with Crippen molar-refractivity contribution < 1.29 is 0 Å². The number of nitrogens with one attached hydrogen (secondary N) is 2. The Morgan fingerprint density at radius 3 is 2.60 bits per heavy atom. The van der Waals surface area contributed by atoms with Crippen LogP contribution in [0, 0.1) is 12.8 Å². The van der Waals surface area contributed by atoms with Gasteiger partial charge in [0.25, 0.3) is 0 Å². The van der Waals surface area contributed by atoms with E-state index in [2.05, 4.69) is 31.4 Å². The van der Waals surface area contributed by atoms with Crippen molar-refractivity contribution in [2.24, 2.45) is 5.92 Å². The molecule has 1 aromatic carbocycles. The van der Waals surface area contributed by atoms with Crippen molar-refractivity contribution in [3.63, 3.8) is 0 Å². The fourth-order valence-corrected chi connectivity index (χ4v) is 2.52. The van der Waals surface area contributed by atoms with Gasteiger partial charge in [0.2, 0.25) is 0 Å². The third-order valence-electron chi connectivity index (χ3n) is 3.31. The first-order valence-corrected chi connectivity index (χ1v) is 8.01. The fraction of sp³-hybridized carbons (Fsp3) is 0.562. The van der Waals surface area contributed by atoms with Gasteiger partial charge in [0.05, 0.1) is 0 Å². The van der Waals surface area contributed by atoms with Gasteiger partial charge in [-0.2, -0.15) is 0 Å². The molecule has 0 bridgehead atoms. The predicted molar refractivity (Wildman–Crippen MR) is 93.7 cm³/mol. The average Bonchev–Trinajstić information content (AvgIpc) is 2.34. The summed E-state index contributed by atoms with van der Waals surface area (Å²) in [6.45, 7) is 8.66. The topological polar surface area (TPSA) is 24.1 Å². The highest BCUT2D eigenvalue weighted by atomic mass is 35.5. The minimum Gasteiger partial charge on any atom is -0.360 e. The van der Waals surface area contributed by atoms with E-state index in [-0.39, 0.29) is 0 Å². The van der Waals surface area contributed by atoms with E-state index in [4.69, 9.17) is 23.8 Å². The van der Waals surface area contributed by atoms with Crippen molar-refractivity contribution in [1.29, 1.82) is 0 Å². The van der Waals surface area contributed by atoms with Crippen LogP contribution < -0.4 is 10.6 Å². The molecule has 0 aliphatic heterocycles. The van der Waals surface area contributed by atoms with Crippen LogP contribution in [0.15, 0.2) is 18.2 Å². The summed E-state index contributed by atoms with van der Waals surface area (Å²) in [5, 5.41) is 7.96. The van der Waals surface area contributed by atoms with Crippen LogP contribution in [0.3, 0.4) is 0 Å². The molecule has 2 N–H and O–H groups in total. The first kappa shape index (κ1) is 17.3. The Labute approximate surface area is 133 Å². The standard InChI is InChI=1S/C16H25ClN2S/c1-11(2)7-5-8-12(3)18-16(20)19-15-10-6-9-14(17)13(15)4/h6,9-12H,5,7-8H2,1-4H3,(H2,18,19,20). The van der Waals surface area contributed by atoms with Crippen LogP contribution in [-0.2, 0) is 0 Å². The molecule has 1 unspecified atom stereocenters. The summed E-state index contributed by atoms with van der Waals surface area (Å²) in [6.07, 6.45) is 3.62. The molecule has 0 heterocycles. The minimum atomic E-state index is 0.383. The maximum atomic E-state index is 6.10. The summed E-state index contributed by atoms with van der Waals surface area (Å²) in [4.78, 5) is 0. The molecule has 1 rings (SSSR count). The second kappa shape index (κ2) is 8.48. The Morgan fingerprint density at radius 2 is 1.95 bits per heavy atom. The monoisotopic (exact) mass is 312 g/mol.